The Morgan fingerprint density at radius 2 is 1.81 bits per heavy atom. The third-order valence-electron chi connectivity index (χ3n) is 3.17. The lowest BCUT2D eigenvalue weighted by molar-refractivity contribution is 0.316. The van der Waals surface area contributed by atoms with Crippen LogP contribution in [0.5, 0.6) is 0 Å². The van der Waals surface area contributed by atoms with Crippen molar-refractivity contribution in [3.63, 3.8) is 0 Å². The summed E-state index contributed by atoms with van der Waals surface area (Å²) in [5.41, 5.74) is 7.95. The minimum atomic E-state index is -0.108. The first-order valence-corrected chi connectivity index (χ1v) is 8.09. The second-order valence-corrected chi connectivity index (χ2v) is 6.03. The van der Waals surface area contributed by atoms with Crippen molar-refractivity contribution in [2.24, 2.45) is 10.9 Å². The van der Waals surface area contributed by atoms with E-state index in [1.54, 1.807) is 11.8 Å². The highest BCUT2D eigenvalue weighted by molar-refractivity contribution is 7.98. The van der Waals surface area contributed by atoms with E-state index in [1.165, 1.54) is 0 Å². The fourth-order valence-corrected chi connectivity index (χ4v) is 3.48. The minimum Gasteiger partial charge on any atom is -0.409 e. The zero-order chi connectivity index (χ0) is 15.1. The normalized spacial score (nSPS) is 13.1. The van der Waals surface area contributed by atoms with Crippen LogP contribution in [-0.4, -0.2) is 16.8 Å². The van der Waals surface area contributed by atoms with Gasteiger partial charge in [0.2, 0.25) is 0 Å². The van der Waals surface area contributed by atoms with E-state index in [0.717, 1.165) is 27.7 Å². The Labute approximate surface area is 133 Å². The number of halogens is 1. The van der Waals surface area contributed by atoms with E-state index < -0.39 is 0 Å². The average Bonchev–Trinajstić information content (AvgIpc) is 2.53. The van der Waals surface area contributed by atoms with Gasteiger partial charge < -0.3 is 10.9 Å². The second kappa shape index (κ2) is 7.96. The van der Waals surface area contributed by atoms with E-state index in [4.69, 9.17) is 22.5 Å². The van der Waals surface area contributed by atoms with Gasteiger partial charge in [0.05, 0.1) is 5.92 Å². The molecule has 1 unspecified atom stereocenters. The summed E-state index contributed by atoms with van der Waals surface area (Å²) in [7, 11) is 0. The lowest BCUT2D eigenvalue weighted by atomic mass is 10.0. The van der Waals surface area contributed by atoms with Crippen molar-refractivity contribution in [3.8, 4) is 0 Å². The molecule has 0 saturated heterocycles. The molecule has 0 saturated carbocycles. The first-order chi connectivity index (χ1) is 10.2. The maximum Gasteiger partial charge on any atom is 0.147 e. The average molecular weight is 321 g/mol. The van der Waals surface area contributed by atoms with Gasteiger partial charge in [-0.1, -0.05) is 65.3 Å². The van der Waals surface area contributed by atoms with E-state index in [2.05, 4.69) is 5.16 Å². The molecule has 110 valence electrons. The predicted octanol–water partition coefficient (Wildman–Crippen LogP) is 4.10. The smallest absolute Gasteiger partial charge is 0.147 e. The Hall–Kier alpha value is -1.65. The van der Waals surface area contributed by atoms with E-state index >= 15 is 0 Å². The van der Waals surface area contributed by atoms with Crippen LogP contribution >= 0.6 is 23.4 Å². The van der Waals surface area contributed by atoms with Gasteiger partial charge in [0.25, 0.3) is 0 Å². The fourth-order valence-electron chi connectivity index (χ4n) is 2.01. The SMILES string of the molecule is N/C(=N/O)C(CSCc1ccccc1Cl)c1ccccc1. The van der Waals surface area contributed by atoms with Crippen molar-refractivity contribution in [2.45, 2.75) is 11.7 Å². The quantitative estimate of drug-likeness (QED) is 0.364. The van der Waals surface area contributed by atoms with Crippen LogP contribution in [0.15, 0.2) is 59.8 Å². The molecule has 1 atom stereocenters. The molecule has 21 heavy (non-hydrogen) atoms. The molecule has 0 aliphatic heterocycles. The molecule has 2 rings (SSSR count). The van der Waals surface area contributed by atoms with Gasteiger partial charge >= 0.3 is 0 Å². The van der Waals surface area contributed by atoms with Crippen molar-refractivity contribution in [1.82, 2.24) is 0 Å². The molecule has 2 aromatic rings. The molecule has 0 amide bonds. The summed E-state index contributed by atoms with van der Waals surface area (Å²) in [6.45, 7) is 0. The number of thioether (sulfide) groups is 1. The van der Waals surface area contributed by atoms with Crippen molar-refractivity contribution in [1.29, 1.82) is 0 Å². The number of amidine groups is 1. The Kier molecular flexibility index (Phi) is 5.96. The molecule has 0 aromatic heterocycles. The predicted molar refractivity (Wildman–Crippen MR) is 90.2 cm³/mol. The van der Waals surface area contributed by atoms with Crippen LogP contribution in [0.1, 0.15) is 17.0 Å². The van der Waals surface area contributed by atoms with Gasteiger partial charge in [-0.3, -0.25) is 0 Å². The van der Waals surface area contributed by atoms with Crippen molar-refractivity contribution >= 4 is 29.2 Å². The highest BCUT2D eigenvalue weighted by Gasteiger charge is 2.16. The van der Waals surface area contributed by atoms with Crippen molar-refractivity contribution in [2.75, 3.05) is 5.75 Å². The van der Waals surface area contributed by atoms with Gasteiger partial charge in [0, 0.05) is 16.5 Å². The molecule has 0 bridgehead atoms. The topological polar surface area (TPSA) is 58.6 Å². The molecule has 5 heteroatoms. The van der Waals surface area contributed by atoms with E-state index in [1.807, 2.05) is 54.6 Å². The first-order valence-electron chi connectivity index (χ1n) is 6.56. The summed E-state index contributed by atoms with van der Waals surface area (Å²) in [5, 5.41) is 12.9. The molecule has 0 fully saturated rings. The van der Waals surface area contributed by atoms with Crippen LogP contribution < -0.4 is 5.73 Å². The molecule has 0 aliphatic carbocycles. The summed E-state index contributed by atoms with van der Waals surface area (Å²) in [5.74, 6) is 1.64. The minimum absolute atomic E-state index is 0.108. The molecule has 0 heterocycles. The highest BCUT2D eigenvalue weighted by Crippen LogP contribution is 2.26. The largest absolute Gasteiger partial charge is 0.409 e. The van der Waals surface area contributed by atoms with Crippen LogP contribution in [0, 0.1) is 0 Å². The van der Waals surface area contributed by atoms with E-state index in [0.29, 0.717) is 0 Å². The fraction of sp³-hybridized carbons (Fsp3) is 0.188. The van der Waals surface area contributed by atoms with Crippen LogP contribution in [-0.2, 0) is 5.75 Å². The van der Waals surface area contributed by atoms with Gasteiger partial charge in [0.15, 0.2) is 0 Å². The standard InChI is InChI=1S/C16H17ClN2OS/c17-15-9-5-4-8-13(15)10-21-11-14(16(18)19-20)12-6-2-1-3-7-12/h1-9,14,20H,10-11H2,(H2,18,19). The molecule has 3 N–H and O–H groups in total. The Bertz CT molecular complexity index is 604. The Balaban J connectivity index is 2.02. The highest BCUT2D eigenvalue weighted by atomic mass is 35.5. The summed E-state index contributed by atoms with van der Waals surface area (Å²) in [4.78, 5) is 0. The van der Waals surface area contributed by atoms with Gasteiger partial charge in [0.1, 0.15) is 5.84 Å². The second-order valence-electron chi connectivity index (χ2n) is 4.59. The first kappa shape index (κ1) is 15.7. The number of nitrogens with two attached hydrogens (primary N) is 1. The molecule has 3 nitrogen and oxygen atoms in total. The van der Waals surface area contributed by atoms with Gasteiger partial charge in [-0.15, -0.1) is 0 Å². The monoisotopic (exact) mass is 320 g/mol. The zero-order valence-corrected chi connectivity index (χ0v) is 13.0. The van der Waals surface area contributed by atoms with Gasteiger partial charge in [-0.05, 0) is 17.2 Å². The number of rotatable bonds is 6. The van der Waals surface area contributed by atoms with Crippen LogP contribution in [0.2, 0.25) is 5.02 Å². The Morgan fingerprint density at radius 3 is 2.48 bits per heavy atom. The van der Waals surface area contributed by atoms with E-state index in [-0.39, 0.29) is 11.8 Å². The molecular weight excluding hydrogens is 304 g/mol. The molecule has 0 spiro atoms. The van der Waals surface area contributed by atoms with Crippen molar-refractivity contribution < 1.29 is 5.21 Å². The Morgan fingerprint density at radius 1 is 1.14 bits per heavy atom. The number of oxime groups is 1. The molecule has 0 aliphatic rings. The summed E-state index contributed by atoms with van der Waals surface area (Å²) in [6, 6.07) is 17.6. The lowest BCUT2D eigenvalue weighted by Gasteiger charge is -2.15. The third-order valence-corrected chi connectivity index (χ3v) is 4.63. The lowest BCUT2D eigenvalue weighted by Crippen LogP contribution is -2.24. The maximum absolute atomic E-state index is 8.96. The molecule has 0 radical (unpaired) electrons. The van der Waals surface area contributed by atoms with Crippen LogP contribution in [0.3, 0.4) is 0 Å². The van der Waals surface area contributed by atoms with Crippen LogP contribution in [0.25, 0.3) is 0 Å². The zero-order valence-electron chi connectivity index (χ0n) is 11.4. The van der Waals surface area contributed by atoms with Crippen LogP contribution in [0.4, 0.5) is 0 Å². The van der Waals surface area contributed by atoms with Gasteiger partial charge in [-0.2, -0.15) is 11.8 Å². The van der Waals surface area contributed by atoms with Crippen molar-refractivity contribution in [3.05, 3.63) is 70.7 Å². The number of nitrogens with zero attached hydrogens (tertiary/aromatic N) is 1. The summed E-state index contributed by atoms with van der Waals surface area (Å²) < 4.78 is 0. The number of hydrogen-bond acceptors (Lipinski definition) is 3. The molecule has 2 aromatic carbocycles. The van der Waals surface area contributed by atoms with Gasteiger partial charge in [-0.25, -0.2) is 0 Å². The van der Waals surface area contributed by atoms with E-state index in [9.17, 15) is 0 Å². The maximum atomic E-state index is 8.96. The number of hydrogen-bond donors (Lipinski definition) is 2. The molecular formula is C16H17ClN2OS. The summed E-state index contributed by atoms with van der Waals surface area (Å²) >= 11 is 7.86. The summed E-state index contributed by atoms with van der Waals surface area (Å²) in [6.07, 6.45) is 0. The third kappa shape index (κ3) is 4.41. The number of benzene rings is 2.